The minimum atomic E-state index is 0.213. The van der Waals surface area contributed by atoms with Crippen LogP contribution in [0, 0.1) is 13.8 Å². The highest BCUT2D eigenvalue weighted by molar-refractivity contribution is 5.35. The largest absolute Gasteiger partial charge is 0.309 e. The Morgan fingerprint density at radius 3 is 2.63 bits per heavy atom. The topological polar surface area (TPSA) is 29.9 Å². The Kier molecular flexibility index (Phi) is 4.38. The van der Waals surface area contributed by atoms with Crippen LogP contribution in [0.25, 0.3) is 0 Å². The second-order valence-electron chi connectivity index (χ2n) is 5.10. The fourth-order valence-corrected chi connectivity index (χ4v) is 2.35. The Morgan fingerprint density at radius 1 is 1.21 bits per heavy atom. The summed E-state index contributed by atoms with van der Waals surface area (Å²) in [6.07, 6.45) is 5.21. The highest BCUT2D eigenvalue weighted by atomic mass is 15.3. The van der Waals surface area contributed by atoms with E-state index >= 15 is 0 Å². The molecule has 1 atom stereocenters. The number of aromatic nitrogens is 2. The van der Waals surface area contributed by atoms with E-state index in [1.807, 2.05) is 17.9 Å². The van der Waals surface area contributed by atoms with Gasteiger partial charge >= 0.3 is 0 Å². The molecule has 2 rings (SSSR count). The van der Waals surface area contributed by atoms with E-state index in [4.69, 9.17) is 0 Å². The van der Waals surface area contributed by atoms with Gasteiger partial charge in [-0.15, -0.1) is 0 Å². The van der Waals surface area contributed by atoms with Crippen molar-refractivity contribution in [1.82, 2.24) is 15.1 Å². The number of rotatable bonds is 5. The van der Waals surface area contributed by atoms with E-state index in [2.05, 4.69) is 55.6 Å². The first-order valence-electron chi connectivity index (χ1n) is 6.92. The summed E-state index contributed by atoms with van der Waals surface area (Å²) in [6.45, 7) is 7.45. The monoisotopic (exact) mass is 257 g/mol. The van der Waals surface area contributed by atoms with Crippen LogP contribution >= 0.6 is 0 Å². The predicted molar refractivity (Wildman–Crippen MR) is 79.3 cm³/mol. The molecule has 0 fully saturated rings. The third-order valence-corrected chi connectivity index (χ3v) is 3.59. The van der Waals surface area contributed by atoms with Crippen molar-refractivity contribution in [1.29, 1.82) is 0 Å². The Balaban J connectivity index is 2.29. The molecule has 0 radical (unpaired) electrons. The lowest BCUT2D eigenvalue weighted by molar-refractivity contribution is 0.600. The SMILES string of the molecule is CCCn1cc(C(NC)c2ccc(C)c(C)c2)cn1. The van der Waals surface area contributed by atoms with Gasteiger partial charge in [-0.05, 0) is 44.0 Å². The van der Waals surface area contributed by atoms with Crippen LogP contribution in [0.3, 0.4) is 0 Å². The van der Waals surface area contributed by atoms with Gasteiger partial charge in [-0.2, -0.15) is 5.10 Å². The maximum Gasteiger partial charge on any atom is 0.0605 e. The molecule has 19 heavy (non-hydrogen) atoms. The van der Waals surface area contributed by atoms with Gasteiger partial charge in [0.05, 0.1) is 12.2 Å². The molecular weight excluding hydrogens is 234 g/mol. The van der Waals surface area contributed by atoms with Crippen LogP contribution in [0.2, 0.25) is 0 Å². The second-order valence-corrected chi connectivity index (χ2v) is 5.10. The van der Waals surface area contributed by atoms with E-state index in [0.717, 1.165) is 13.0 Å². The molecule has 0 saturated carbocycles. The zero-order chi connectivity index (χ0) is 13.8. The van der Waals surface area contributed by atoms with Crippen molar-refractivity contribution in [2.24, 2.45) is 0 Å². The molecule has 3 nitrogen and oxygen atoms in total. The highest BCUT2D eigenvalue weighted by Crippen LogP contribution is 2.23. The van der Waals surface area contributed by atoms with E-state index in [-0.39, 0.29) is 6.04 Å². The quantitative estimate of drug-likeness (QED) is 0.891. The van der Waals surface area contributed by atoms with E-state index in [1.165, 1.54) is 22.3 Å². The van der Waals surface area contributed by atoms with Crippen molar-refractivity contribution in [3.8, 4) is 0 Å². The Bertz CT molecular complexity index is 543. The molecule has 1 aromatic carbocycles. The summed E-state index contributed by atoms with van der Waals surface area (Å²) in [7, 11) is 2.00. The molecule has 0 amide bonds. The Morgan fingerprint density at radius 2 is 2.00 bits per heavy atom. The minimum Gasteiger partial charge on any atom is -0.309 e. The first kappa shape index (κ1) is 13.8. The summed E-state index contributed by atoms with van der Waals surface area (Å²) >= 11 is 0. The molecule has 0 aliphatic rings. The summed E-state index contributed by atoms with van der Waals surface area (Å²) < 4.78 is 2.01. The molecule has 0 aliphatic heterocycles. The van der Waals surface area contributed by atoms with Crippen LogP contribution in [-0.4, -0.2) is 16.8 Å². The molecule has 0 spiro atoms. The lowest BCUT2D eigenvalue weighted by Gasteiger charge is -2.16. The van der Waals surface area contributed by atoms with Crippen LogP contribution in [0.5, 0.6) is 0 Å². The third-order valence-electron chi connectivity index (χ3n) is 3.59. The lowest BCUT2D eigenvalue weighted by Crippen LogP contribution is -2.17. The molecule has 0 saturated heterocycles. The van der Waals surface area contributed by atoms with Gasteiger partial charge in [0.15, 0.2) is 0 Å². The summed E-state index contributed by atoms with van der Waals surface area (Å²) in [5.74, 6) is 0. The van der Waals surface area contributed by atoms with Crippen molar-refractivity contribution >= 4 is 0 Å². The van der Waals surface area contributed by atoms with Crippen LogP contribution in [0.15, 0.2) is 30.6 Å². The van der Waals surface area contributed by atoms with E-state index in [9.17, 15) is 0 Å². The lowest BCUT2D eigenvalue weighted by atomic mass is 9.98. The normalized spacial score (nSPS) is 12.6. The molecule has 0 aliphatic carbocycles. The number of hydrogen-bond acceptors (Lipinski definition) is 2. The first-order valence-corrected chi connectivity index (χ1v) is 6.92. The maximum atomic E-state index is 4.42. The summed E-state index contributed by atoms with van der Waals surface area (Å²) in [6, 6.07) is 6.85. The summed E-state index contributed by atoms with van der Waals surface area (Å²) in [4.78, 5) is 0. The molecule has 1 unspecified atom stereocenters. The van der Waals surface area contributed by atoms with Crippen molar-refractivity contribution < 1.29 is 0 Å². The van der Waals surface area contributed by atoms with E-state index in [0.29, 0.717) is 0 Å². The minimum absolute atomic E-state index is 0.213. The van der Waals surface area contributed by atoms with Crippen molar-refractivity contribution in [3.05, 3.63) is 52.8 Å². The van der Waals surface area contributed by atoms with Crippen LogP contribution in [0.4, 0.5) is 0 Å². The van der Waals surface area contributed by atoms with Crippen molar-refractivity contribution in [2.75, 3.05) is 7.05 Å². The van der Waals surface area contributed by atoms with Gasteiger partial charge < -0.3 is 5.32 Å². The fraction of sp³-hybridized carbons (Fsp3) is 0.438. The Hall–Kier alpha value is -1.61. The molecule has 2 aromatic rings. The summed E-state index contributed by atoms with van der Waals surface area (Å²) in [5.41, 5.74) is 5.18. The second kappa shape index (κ2) is 6.02. The van der Waals surface area contributed by atoms with Crippen molar-refractivity contribution in [3.63, 3.8) is 0 Å². The zero-order valence-electron chi connectivity index (χ0n) is 12.3. The van der Waals surface area contributed by atoms with E-state index in [1.54, 1.807) is 0 Å². The molecule has 102 valence electrons. The number of nitrogens with one attached hydrogen (secondary N) is 1. The van der Waals surface area contributed by atoms with Gasteiger partial charge in [0.1, 0.15) is 0 Å². The van der Waals surface area contributed by atoms with Gasteiger partial charge in [-0.3, -0.25) is 4.68 Å². The van der Waals surface area contributed by atoms with Gasteiger partial charge in [0.25, 0.3) is 0 Å². The Labute approximate surface area is 115 Å². The smallest absolute Gasteiger partial charge is 0.0605 e. The number of benzene rings is 1. The maximum absolute atomic E-state index is 4.42. The highest BCUT2D eigenvalue weighted by Gasteiger charge is 2.14. The molecule has 0 bridgehead atoms. The molecule has 1 N–H and O–H groups in total. The fourth-order valence-electron chi connectivity index (χ4n) is 2.35. The molecule has 3 heteroatoms. The van der Waals surface area contributed by atoms with Gasteiger partial charge in [-0.1, -0.05) is 25.1 Å². The number of nitrogens with zero attached hydrogens (tertiary/aromatic N) is 2. The van der Waals surface area contributed by atoms with E-state index < -0.39 is 0 Å². The average Bonchev–Trinajstić information content (AvgIpc) is 2.83. The molecule has 1 aromatic heterocycles. The number of aryl methyl sites for hydroxylation is 3. The van der Waals surface area contributed by atoms with Gasteiger partial charge in [0.2, 0.25) is 0 Å². The zero-order valence-corrected chi connectivity index (χ0v) is 12.3. The predicted octanol–water partition coefficient (Wildman–Crippen LogP) is 3.22. The van der Waals surface area contributed by atoms with Gasteiger partial charge in [0, 0.05) is 18.3 Å². The first-order chi connectivity index (χ1) is 9.15. The summed E-state index contributed by atoms with van der Waals surface area (Å²) in [5, 5.41) is 7.80. The van der Waals surface area contributed by atoms with Crippen LogP contribution in [0.1, 0.15) is 41.6 Å². The van der Waals surface area contributed by atoms with Crippen molar-refractivity contribution in [2.45, 2.75) is 39.8 Å². The molecule has 1 heterocycles. The standard InChI is InChI=1S/C16H23N3/c1-5-8-19-11-15(10-18-19)16(17-4)14-7-6-12(2)13(3)9-14/h6-7,9-11,16-17H,5,8H2,1-4H3. The molecular formula is C16H23N3. The van der Waals surface area contributed by atoms with Crippen LogP contribution in [-0.2, 0) is 6.54 Å². The van der Waals surface area contributed by atoms with Crippen LogP contribution < -0.4 is 5.32 Å². The average molecular weight is 257 g/mol. The third kappa shape index (κ3) is 3.04. The van der Waals surface area contributed by atoms with Gasteiger partial charge in [-0.25, -0.2) is 0 Å². The number of hydrogen-bond donors (Lipinski definition) is 1.